The van der Waals surface area contributed by atoms with Gasteiger partial charge >= 0.3 is 0 Å². The third-order valence-electron chi connectivity index (χ3n) is 4.35. The summed E-state index contributed by atoms with van der Waals surface area (Å²) in [6.45, 7) is 5.00. The Hall–Kier alpha value is -3.01. The molecule has 0 aliphatic carbocycles. The Bertz CT molecular complexity index is 1010. The van der Waals surface area contributed by atoms with E-state index in [4.69, 9.17) is 10.9 Å². The lowest BCUT2D eigenvalue weighted by molar-refractivity contribution is 0.861. The Morgan fingerprint density at radius 2 is 1.88 bits per heavy atom. The normalized spacial score (nSPS) is 12.3. The van der Waals surface area contributed by atoms with Gasteiger partial charge in [-0.25, -0.2) is 5.53 Å². The van der Waals surface area contributed by atoms with Crippen LogP contribution in [0.15, 0.2) is 71.4 Å². The van der Waals surface area contributed by atoms with Crippen LogP contribution < -0.4 is 0 Å². The highest BCUT2D eigenvalue weighted by molar-refractivity contribution is 6.11. The summed E-state index contributed by atoms with van der Waals surface area (Å²) in [4.78, 5) is 0. The molecule has 0 saturated heterocycles. The van der Waals surface area contributed by atoms with Crippen molar-refractivity contribution >= 4 is 27.6 Å². The number of nitrogens with zero attached hydrogens (tertiary/aromatic N) is 2. The van der Waals surface area contributed by atoms with Gasteiger partial charge in [0.25, 0.3) is 0 Å². The number of aromatic nitrogens is 1. The first-order valence-electron chi connectivity index (χ1n) is 8.48. The molecule has 0 amide bonds. The van der Waals surface area contributed by atoms with Gasteiger partial charge in [0.1, 0.15) is 0 Å². The monoisotopic (exact) mass is 330 g/mol. The van der Waals surface area contributed by atoms with Gasteiger partial charge in [0.05, 0.1) is 0 Å². The van der Waals surface area contributed by atoms with E-state index in [0.29, 0.717) is 5.56 Å². The highest BCUT2D eigenvalue weighted by Gasteiger charge is 2.12. The summed E-state index contributed by atoms with van der Waals surface area (Å²) < 4.78 is 2.32. The fourth-order valence-electron chi connectivity index (χ4n) is 3.28. The third-order valence-corrected chi connectivity index (χ3v) is 4.35. The zero-order valence-electron chi connectivity index (χ0n) is 14.6. The summed E-state index contributed by atoms with van der Waals surface area (Å²) in [7, 11) is 0. The van der Waals surface area contributed by atoms with Crippen LogP contribution in [0.2, 0.25) is 0 Å². The van der Waals surface area contributed by atoms with Crippen LogP contribution >= 0.6 is 0 Å². The number of hydrogen-bond donors (Lipinski definition) is 2. The summed E-state index contributed by atoms with van der Waals surface area (Å²) >= 11 is 0. The number of para-hydroxylation sites is 1. The minimum absolute atomic E-state index is 0.0146. The Morgan fingerprint density at radius 3 is 2.60 bits per heavy atom. The number of benzene rings is 2. The molecule has 0 atom stereocenters. The van der Waals surface area contributed by atoms with E-state index in [9.17, 15) is 0 Å². The lowest BCUT2D eigenvalue weighted by Crippen LogP contribution is -2.00. The molecule has 0 bridgehead atoms. The van der Waals surface area contributed by atoms with Crippen molar-refractivity contribution in [3.63, 3.8) is 0 Å². The molecule has 126 valence electrons. The highest BCUT2D eigenvalue weighted by Crippen LogP contribution is 2.30. The lowest BCUT2D eigenvalue weighted by Gasteiger charge is -2.09. The number of allylic oxidation sites excluding steroid dienone is 4. The quantitative estimate of drug-likeness (QED) is 0.247. The Kier molecular flexibility index (Phi) is 4.89. The fourth-order valence-corrected chi connectivity index (χ4v) is 3.28. The van der Waals surface area contributed by atoms with E-state index in [1.165, 1.54) is 11.1 Å². The zero-order valence-corrected chi connectivity index (χ0v) is 14.6. The van der Waals surface area contributed by atoms with Gasteiger partial charge in [-0.1, -0.05) is 43.4 Å². The van der Waals surface area contributed by atoms with Crippen molar-refractivity contribution in [1.29, 1.82) is 10.9 Å². The molecular formula is C21H22N4. The molecule has 0 saturated carbocycles. The van der Waals surface area contributed by atoms with E-state index in [-0.39, 0.29) is 5.84 Å². The number of rotatable bonds is 5. The molecule has 25 heavy (non-hydrogen) atoms. The molecule has 2 N–H and O–H groups in total. The molecule has 1 aromatic heterocycles. The van der Waals surface area contributed by atoms with Crippen molar-refractivity contribution in [3.8, 4) is 0 Å². The Balaban J connectivity index is 2.24. The van der Waals surface area contributed by atoms with Gasteiger partial charge in [0, 0.05) is 33.9 Å². The maximum atomic E-state index is 7.81. The van der Waals surface area contributed by atoms with Crippen molar-refractivity contribution in [2.75, 3.05) is 0 Å². The van der Waals surface area contributed by atoms with E-state index in [1.807, 2.05) is 31.2 Å². The van der Waals surface area contributed by atoms with Crippen LogP contribution in [-0.4, -0.2) is 10.4 Å². The van der Waals surface area contributed by atoms with E-state index < -0.39 is 0 Å². The second-order valence-electron chi connectivity index (χ2n) is 5.98. The smallest absolute Gasteiger partial charge is 0.173 e. The summed E-state index contributed by atoms with van der Waals surface area (Å²) in [6.07, 6.45) is 7.49. The van der Waals surface area contributed by atoms with Crippen molar-refractivity contribution in [2.24, 2.45) is 5.11 Å². The second kappa shape index (κ2) is 7.26. The van der Waals surface area contributed by atoms with Crippen LogP contribution in [0, 0.1) is 10.9 Å². The standard InChI is InChI=1S/C21H22N4/c1-3-7-15(8-4-2)14-25-19-10-6-5-9-17(19)18-13-16(21(22)24-23)11-12-20(18)25/h3,5-13,22-23H,4,14H2,1-2H3/b7-3-,15-8+,22-21?,24-23?. The molecule has 1 heterocycles. The van der Waals surface area contributed by atoms with Gasteiger partial charge in [0.15, 0.2) is 5.84 Å². The van der Waals surface area contributed by atoms with Gasteiger partial charge in [-0.3, -0.25) is 5.41 Å². The first kappa shape index (κ1) is 16.8. The van der Waals surface area contributed by atoms with E-state index >= 15 is 0 Å². The minimum Gasteiger partial charge on any atom is -0.336 e. The molecule has 3 aromatic rings. The molecule has 0 aliphatic rings. The minimum atomic E-state index is -0.0146. The van der Waals surface area contributed by atoms with Crippen molar-refractivity contribution < 1.29 is 0 Å². The predicted octanol–water partition coefficient (Wildman–Crippen LogP) is 6.06. The molecular weight excluding hydrogens is 308 g/mol. The van der Waals surface area contributed by atoms with E-state index in [1.54, 1.807) is 0 Å². The molecule has 0 unspecified atom stereocenters. The first-order chi connectivity index (χ1) is 12.2. The number of amidine groups is 1. The van der Waals surface area contributed by atoms with Crippen molar-refractivity contribution in [2.45, 2.75) is 26.8 Å². The lowest BCUT2D eigenvalue weighted by atomic mass is 10.1. The molecule has 4 nitrogen and oxygen atoms in total. The number of hydrogen-bond acceptors (Lipinski definition) is 2. The SMILES string of the molecule is C/C=C\C(=C/CC)Cn1c2ccccc2c2cc(C(=N)N=N)ccc21. The fraction of sp³-hybridized carbons (Fsp3) is 0.190. The highest BCUT2D eigenvalue weighted by atomic mass is 15.0. The third kappa shape index (κ3) is 3.15. The van der Waals surface area contributed by atoms with Crippen molar-refractivity contribution in [1.82, 2.24) is 4.57 Å². The van der Waals surface area contributed by atoms with Crippen molar-refractivity contribution in [3.05, 3.63) is 71.8 Å². The van der Waals surface area contributed by atoms with Gasteiger partial charge in [0.2, 0.25) is 0 Å². The van der Waals surface area contributed by atoms with Crippen LogP contribution in [-0.2, 0) is 6.54 Å². The van der Waals surface area contributed by atoms with Crippen LogP contribution in [0.5, 0.6) is 0 Å². The van der Waals surface area contributed by atoms with Gasteiger partial charge in [-0.05, 0) is 43.2 Å². The Morgan fingerprint density at radius 1 is 1.12 bits per heavy atom. The summed E-state index contributed by atoms with van der Waals surface area (Å²) in [5.41, 5.74) is 11.3. The van der Waals surface area contributed by atoms with Gasteiger partial charge in [-0.2, -0.15) is 0 Å². The molecule has 0 fully saturated rings. The average molecular weight is 330 g/mol. The van der Waals surface area contributed by atoms with Gasteiger partial charge in [-0.15, -0.1) is 5.11 Å². The van der Waals surface area contributed by atoms with E-state index in [2.05, 4.69) is 53.0 Å². The molecule has 4 heteroatoms. The van der Waals surface area contributed by atoms with Gasteiger partial charge < -0.3 is 4.57 Å². The van der Waals surface area contributed by atoms with Crippen LogP contribution in [0.1, 0.15) is 25.8 Å². The topological polar surface area (TPSA) is 65.0 Å². The number of nitrogens with one attached hydrogen (secondary N) is 2. The largest absolute Gasteiger partial charge is 0.336 e. The molecule has 2 aromatic carbocycles. The maximum absolute atomic E-state index is 7.81. The zero-order chi connectivity index (χ0) is 17.8. The first-order valence-corrected chi connectivity index (χ1v) is 8.48. The summed E-state index contributed by atoms with van der Waals surface area (Å²) in [5, 5.41) is 13.3. The summed E-state index contributed by atoms with van der Waals surface area (Å²) in [5.74, 6) is -0.0146. The predicted molar refractivity (Wildman–Crippen MR) is 105 cm³/mol. The van der Waals surface area contributed by atoms with Crippen LogP contribution in [0.3, 0.4) is 0 Å². The number of fused-ring (bicyclic) bond motifs is 3. The molecule has 0 spiro atoms. The van der Waals surface area contributed by atoms with Crippen LogP contribution in [0.4, 0.5) is 0 Å². The Labute approximate surface area is 147 Å². The summed E-state index contributed by atoms with van der Waals surface area (Å²) in [6, 6.07) is 14.2. The molecule has 0 radical (unpaired) electrons. The molecule has 3 rings (SSSR count). The second-order valence-corrected chi connectivity index (χ2v) is 5.98. The maximum Gasteiger partial charge on any atom is 0.173 e. The van der Waals surface area contributed by atoms with E-state index in [0.717, 1.165) is 29.3 Å². The molecule has 0 aliphatic heterocycles. The average Bonchev–Trinajstić information content (AvgIpc) is 2.95. The van der Waals surface area contributed by atoms with Crippen LogP contribution in [0.25, 0.3) is 21.8 Å².